The van der Waals surface area contributed by atoms with E-state index < -0.39 is 8.32 Å². The number of amides is 1. The first-order valence-electron chi connectivity index (χ1n) is 22.0. The second-order valence-electron chi connectivity index (χ2n) is 18.3. The van der Waals surface area contributed by atoms with Gasteiger partial charge in [0.2, 0.25) is 11.5 Å². The summed E-state index contributed by atoms with van der Waals surface area (Å²) in [6.07, 6.45) is 5.51. The molecule has 0 bridgehead atoms. The van der Waals surface area contributed by atoms with Crippen LogP contribution in [0.25, 0.3) is 10.9 Å². The molecule has 14 heteroatoms. The van der Waals surface area contributed by atoms with Gasteiger partial charge < -0.3 is 39.1 Å². The Morgan fingerprint density at radius 1 is 1.10 bits per heavy atom. The number of rotatable bonds is 18. The molecule has 2 fully saturated rings. The van der Waals surface area contributed by atoms with Gasteiger partial charge in [0.15, 0.2) is 8.32 Å². The molecule has 3 N–H and O–H groups in total. The number of halogens is 1. The number of ether oxygens (including phenoxy) is 2. The lowest BCUT2D eigenvalue weighted by molar-refractivity contribution is -0.131. The minimum atomic E-state index is -2.21. The maximum Gasteiger partial charge on any atom is 0.248 e. The second-order valence-corrected chi connectivity index (χ2v) is 23.4. The fourth-order valence-electron chi connectivity index (χ4n) is 8.03. The third-order valence-electron chi connectivity index (χ3n) is 13.0. The van der Waals surface area contributed by atoms with Crippen molar-refractivity contribution in [3.05, 3.63) is 98.4 Å². The number of morpholine rings is 1. The molecule has 0 radical (unpaired) electrons. The van der Waals surface area contributed by atoms with Crippen LogP contribution in [0.4, 0.5) is 5.82 Å². The Balaban J connectivity index is 0.919. The molecule has 2 aromatic carbocycles. The van der Waals surface area contributed by atoms with Crippen molar-refractivity contribution in [3.63, 3.8) is 0 Å². The third kappa shape index (κ3) is 12.0. The first-order valence-corrected chi connectivity index (χ1v) is 25.2. The SMILES string of the molecule is CCc1ccnc(N2CCOC3(CCN(Cc4cccc(CCOCCC(=O)N(C)CCNC[C@H](O[Si](C)(C)C(C)(C)C)c5ccc(O)c6[nH]c(=O)ccc56)c4Cl)CC3)C2)c1. The van der Waals surface area contributed by atoms with Gasteiger partial charge >= 0.3 is 0 Å². The lowest BCUT2D eigenvalue weighted by Gasteiger charge is -2.47. The number of nitrogens with zero attached hydrogens (tertiary/aromatic N) is 4. The summed E-state index contributed by atoms with van der Waals surface area (Å²) in [5.41, 5.74) is 4.35. The number of likely N-dealkylation sites (N-methyl/N-ethyl adjacent to an activating group) is 1. The summed E-state index contributed by atoms with van der Waals surface area (Å²) in [5, 5.41) is 15.5. The Morgan fingerprint density at radius 2 is 1.87 bits per heavy atom. The van der Waals surface area contributed by atoms with Crippen molar-refractivity contribution < 1.29 is 23.8 Å². The van der Waals surface area contributed by atoms with Crippen molar-refractivity contribution in [1.82, 2.24) is 25.1 Å². The van der Waals surface area contributed by atoms with Crippen LogP contribution in [0.2, 0.25) is 23.2 Å². The Kier molecular flexibility index (Phi) is 15.7. The summed E-state index contributed by atoms with van der Waals surface area (Å²) in [5.74, 6) is 1.09. The van der Waals surface area contributed by atoms with Gasteiger partial charge in [-0.2, -0.15) is 0 Å². The number of piperidine rings is 1. The van der Waals surface area contributed by atoms with Crippen LogP contribution >= 0.6 is 11.6 Å². The summed E-state index contributed by atoms with van der Waals surface area (Å²) in [4.78, 5) is 39.1. The van der Waals surface area contributed by atoms with Crippen molar-refractivity contribution in [2.75, 3.05) is 77.6 Å². The maximum absolute atomic E-state index is 13.0. The number of H-pyrrole nitrogens is 1. The van der Waals surface area contributed by atoms with Crippen molar-refractivity contribution in [2.45, 2.75) is 96.2 Å². The summed E-state index contributed by atoms with van der Waals surface area (Å²) in [6, 6.07) is 17.2. The van der Waals surface area contributed by atoms with Crippen molar-refractivity contribution >= 4 is 42.5 Å². The summed E-state index contributed by atoms with van der Waals surface area (Å²) < 4.78 is 19.3. The van der Waals surface area contributed by atoms with Gasteiger partial charge in [-0.1, -0.05) is 63.6 Å². The standard InChI is InChI=1S/C47H67ClN6O6Si/c1-8-34-16-21-50-41(30-34)54-26-29-59-47(33-54)19-23-53(24-20-47)32-36-11-9-10-35(44(36)48)17-27-58-28-18-43(57)52(5)25-22-49-31-40(60-61(6,7)46(2,3)4)37-12-14-39(55)45-38(37)13-15-42(56)51-45/h9-16,21,30,40,49,55H,8,17-20,22-29,31-33H2,1-7H3,(H,51,56)/t40-/m0/s1. The smallest absolute Gasteiger partial charge is 0.248 e. The zero-order chi connectivity index (χ0) is 43.8. The van der Waals surface area contributed by atoms with Crippen molar-refractivity contribution in [1.29, 1.82) is 0 Å². The van der Waals surface area contributed by atoms with Gasteiger partial charge in [0.05, 0.1) is 43.5 Å². The zero-order valence-electron chi connectivity index (χ0n) is 37.3. The van der Waals surface area contributed by atoms with Crippen LogP contribution in [-0.4, -0.2) is 117 Å². The molecule has 4 heterocycles. The second kappa shape index (κ2) is 20.6. The molecule has 2 aromatic heterocycles. The number of carbonyl (C=O) groups is 1. The van der Waals surface area contributed by atoms with Gasteiger partial charge in [-0.3, -0.25) is 14.5 Å². The largest absolute Gasteiger partial charge is 0.506 e. The predicted molar refractivity (Wildman–Crippen MR) is 247 cm³/mol. The molecule has 1 amide bonds. The highest BCUT2D eigenvalue weighted by atomic mass is 35.5. The number of benzene rings is 2. The molecule has 2 saturated heterocycles. The summed E-state index contributed by atoms with van der Waals surface area (Å²) >= 11 is 6.97. The van der Waals surface area contributed by atoms with Crippen LogP contribution in [0.1, 0.15) is 75.3 Å². The number of carbonyl (C=O) groups excluding carboxylic acids is 1. The molecule has 1 atom stereocenters. The van der Waals surface area contributed by atoms with Gasteiger partial charge in [-0.25, -0.2) is 4.98 Å². The number of pyridine rings is 2. The van der Waals surface area contributed by atoms with Gasteiger partial charge in [0, 0.05) is 82.1 Å². The summed E-state index contributed by atoms with van der Waals surface area (Å²) in [6.45, 7) is 20.8. The van der Waals surface area contributed by atoms with E-state index in [1.165, 1.54) is 11.6 Å². The highest BCUT2D eigenvalue weighted by Crippen LogP contribution is 2.41. The highest BCUT2D eigenvalue weighted by Gasteiger charge is 2.41. The van der Waals surface area contributed by atoms with E-state index in [-0.39, 0.29) is 34.0 Å². The highest BCUT2D eigenvalue weighted by molar-refractivity contribution is 6.74. The van der Waals surface area contributed by atoms with Crippen LogP contribution < -0.4 is 15.8 Å². The molecular formula is C47H67ClN6O6Si. The number of likely N-dealkylation sites (tertiary alicyclic amines) is 1. The molecule has 0 unspecified atom stereocenters. The number of nitrogens with one attached hydrogen (secondary N) is 2. The van der Waals surface area contributed by atoms with E-state index in [2.05, 4.69) is 96.2 Å². The monoisotopic (exact) mass is 874 g/mol. The number of phenols is 1. The molecule has 4 aromatic rings. The Labute approximate surface area is 368 Å². The number of hydrogen-bond acceptors (Lipinski definition) is 10. The van der Waals surface area contributed by atoms with E-state index in [4.69, 9.17) is 25.5 Å². The molecule has 61 heavy (non-hydrogen) atoms. The van der Waals surface area contributed by atoms with E-state index in [1.807, 2.05) is 19.3 Å². The van der Waals surface area contributed by atoms with Crippen LogP contribution in [-0.2, 0) is 38.1 Å². The number of hydrogen-bond donors (Lipinski definition) is 3. The molecule has 0 aliphatic carbocycles. The van der Waals surface area contributed by atoms with Crippen molar-refractivity contribution in [3.8, 4) is 5.75 Å². The van der Waals surface area contributed by atoms with E-state index in [9.17, 15) is 14.7 Å². The molecule has 332 valence electrons. The number of fused-ring (bicyclic) bond motifs is 1. The number of anilines is 1. The van der Waals surface area contributed by atoms with Gasteiger partial charge in [-0.05, 0) is 90.3 Å². The molecule has 12 nitrogen and oxygen atoms in total. The van der Waals surface area contributed by atoms with Crippen LogP contribution in [0.3, 0.4) is 0 Å². The fraction of sp³-hybridized carbons (Fsp3) is 0.553. The summed E-state index contributed by atoms with van der Waals surface area (Å²) in [7, 11) is -0.398. The number of phenolic OH excluding ortho intramolecular Hbond substituents is 1. The number of aryl methyl sites for hydroxylation is 1. The Hall–Kier alpha value is -3.82. The molecule has 1 spiro atoms. The lowest BCUT2D eigenvalue weighted by Crippen LogP contribution is -2.57. The van der Waals surface area contributed by atoms with Crippen molar-refractivity contribution in [2.24, 2.45) is 0 Å². The van der Waals surface area contributed by atoms with E-state index in [0.717, 1.165) is 91.5 Å². The van der Waals surface area contributed by atoms with Crippen LogP contribution in [0.5, 0.6) is 5.75 Å². The molecule has 2 aliphatic rings. The van der Waals surface area contributed by atoms with E-state index in [1.54, 1.807) is 17.0 Å². The number of aromatic amines is 1. The fourth-order valence-corrected chi connectivity index (χ4v) is 9.59. The minimum absolute atomic E-state index is 0.0152. The predicted octanol–water partition coefficient (Wildman–Crippen LogP) is 7.48. The zero-order valence-corrected chi connectivity index (χ0v) is 39.1. The minimum Gasteiger partial charge on any atom is -0.506 e. The number of aromatic hydroxyl groups is 1. The first kappa shape index (κ1) is 46.7. The maximum atomic E-state index is 13.0. The van der Waals surface area contributed by atoms with E-state index in [0.29, 0.717) is 51.2 Å². The molecule has 2 aliphatic heterocycles. The average Bonchev–Trinajstić information content (AvgIpc) is 3.23. The third-order valence-corrected chi connectivity index (χ3v) is 17.9. The van der Waals surface area contributed by atoms with Gasteiger partial charge in [0.1, 0.15) is 11.6 Å². The molecular weight excluding hydrogens is 808 g/mol. The Bertz CT molecular complexity index is 2150. The Morgan fingerprint density at radius 3 is 2.62 bits per heavy atom. The van der Waals surface area contributed by atoms with E-state index >= 15 is 0 Å². The van der Waals surface area contributed by atoms with Gasteiger partial charge in [0.25, 0.3) is 0 Å². The van der Waals surface area contributed by atoms with Crippen LogP contribution in [0, 0.1) is 0 Å². The molecule has 0 saturated carbocycles. The lowest BCUT2D eigenvalue weighted by atomic mass is 9.89. The topological polar surface area (TPSA) is 132 Å². The normalized spacial score (nSPS) is 16.6. The number of aromatic nitrogens is 2. The quantitative estimate of drug-likeness (QED) is 0.0684. The first-order chi connectivity index (χ1) is 29.1. The molecule has 6 rings (SSSR count). The average molecular weight is 876 g/mol. The van der Waals surface area contributed by atoms with Crippen LogP contribution in [0.15, 0.2) is 65.6 Å². The van der Waals surface area contributed by atoms with Gasteiger partial charge in [-0.15, -0.1) is 0 Å².